The van der Waals surface area contributed by atoms with Crippen LogP contribution in [0.25, 0.3) is 5.65 Å². The van der Waals surface area contributed by atoms with Gasteiger partial charge in [0.15, 0.2) is 0 Å². The number of aromatic nitrogens is 2. The number of methoxy groups -OCH3 is 1. The molecule has 0 bridgehead atoms. The molecule has 1 saturated heterocycles. The number of nitrogens with one attached hydrogen (secondary N) is 1. The summed E-state index contributed by atoms with van der Waals surface area (Å²) in [5, 5.41) is 2.91. The molecule has 2 aromatic carbocycles. The third-order valence-corrected chi connectivity index (χ3v) is 6.91. The van der Waals surface area contributed by atoms with Crippen LogP contribution in [0.2, 0.25) is 0 Å². The smallest absolute Gasteiger partial charge is 0.270 e. The SMILES string of the molecule is COc1ccc2nc(C)c(C(=O)NCCOc3ccc(N4CCC(c5ccc(F)cc5)CC4)cc3)n2c1. The van der Waals surface area contributed by atoms with Gasteiger partial charge in [0.1, 0.15) is 35.3 Å². The highest BCUT2D eigenvalue weighted by molar-refractivity contribution is 5.94. The number of hydrogen-bond donors (Lipinski definition) is 1. The number of carbonyl (C=O) groups is 1. The summed E-state index contributed by atoms with van der Waals surface area (Å²) >= 11 is 0. The molecule has 0 aliphatic carbocycles. The number of amides is 1. The molecule has 7 nitrogen and oxygen atoms in total. The van der Waals surface area contributed by atoms with Crippen molar-refractivity contribution < 1.29 is 18.7 Å². The molecule has 8 heteroatoms. The maximum Gasteiger partial charge on any atom is 0.270 e. The minimum atomic E-state index is -0.207. The fraction of sp³-hybridized carbons (Fsp3) is 0.310. The monoisotopic (exact) mass is 502 g/mol. The molecule has 192 valence electrons. The van der Waals surface area contributed by atoms with E-state index in [9.17, 15) is 9.18 Å². The fourth-order valence-corrected chi connectivity index (χ4v) is 4.91. The van der Waals surface area contributed by atoms with Crippen LogP contribution in [0.4, 0.5) is 10.1 Å². The van der Waals surface area contributed by atoms with E-state index in [2.05, 4.69) is 27.3 Å². The second-order valence-electron chi connectivity index (χ2n) is 9.25. The van der Waals surface area contributed by atoms with Crippen LogP contribution in [0.3, 0.4) is 0 Å². The van der Waals surface area contributed by atoms with E-state index in [1.165, 1.54) is 5.56 Å². The first kappa shape index (κ1) is 24.6. The van der Waals surface area contributed by atoms with Crippen molar-refractivity contribution in [2.24, 2.45) is 0 Å². The predicted molar refractivity (Wildman–Crippen MR) is 141 cm³/mol. The van der Waals surface area contributed by atoms with E-state index in [0.717, 1.165) is 37.4 Å². The van der Waals surface area contributed by atoms with Gasteiger partial charge in [0, 0.05) is 18.8 Å². The molecule has 37 heavy (non-hydrogen) atoms. The number of halogens is 1. The van der Waals surface area contributed by atoms with Crippen molar-refractivity contribution in [3.63, 3.8) is 0 Å². The topological polar surface area (TPSA) is 68.1 Å². The van der Waals surface area contributed by atoms with Crippen LogP contribution in [0, 0.1) is 12.7 Å². The third kappa shape index (κ3) is 5.53. The number of pyridine rings is 1. The number of anilines is 1. The van der Waals surface area contributed by atoms with Crippen LogP contribution >= 0.6 is 0 Å². The second kappa shape index (κ2) is 10.9. The molecule has 0 unspecified atom stereocenters. The maximum atomic E-state index is 13.2. The molecule has 1 aliphatic heterocycles. The first-order valence-corrected chi connectivity index (χ1v) is 12.6. The van der Waals surface area contributed by atoms with Crippen molar-refractivity contribution in [3.8, 4) is 11.5 Å². The summed E-state index contributed by atoms with van der Waals surface area (Å²) in [6.07, 6.45) is 3.85. The lowest BCUT2D eigenvalue weighted by atomic mass is 9.89. The van der Waals surface area contributed by atoms with Gasteiger partial charge in [-0.25, -0.2) is 9.37 Å². The number of fused-ring (bicyclic) bond motifs is 1. The fourth-order valence-electron chi connectivity index (χ4n) is 4.91. The van der Waals surface area contributed by atoms with Crippen LogP contribution in [0.5, 0.6) is 11.5 Å². The summed E-state index contributed by atoms with van der Waals surface area (Å²) in [7, 11) is 1.59. The number of rotatable bonds is 8. The van der Waals surface area contributed by atoms with Gasteiger partial charge >= 0.3 is 0 Å². The molecule has 0 saturated carbocycles. The molecule has 0 radical (unpaired) electrons. The predicted octanol–water partition coefficient (Wildman–Crippen LogP) is 4.98. The highest BCUT2D eigenvalue weighted by Gasteiger charge is 2.21. The van der Waals surface area contributed by atoms with E-state index in [4.69, 9.17) is 9.47 Å². The lowest BCUT2D eigenvalue weighted by molar-refractivity contribution is 0.0940. The largest absolute Gasteiger partial charge is 0.495 e. The molecular weight excluding hydrogens is 471 g/mol. The number of ether oxygens (including phenoxy) is 2. The van der Waals surface area contributed by atoms with Crippen molar-refractivity contribution in [1.82, 2.24) is 14.7 Å². The number of benzene rings is 2. The average Bonchev–Trinajstić information content (AvgIpc) is 3.26. The molecule has 0 spiro atoms. The molecule has 4 aromatic rings. The number of nitrogens with zero attached hydrogens (tertiary/aromatic N) is 3. The Bertz CT molecular complexity index is 1360. The van der Waals surface area contributed by atoms with Crippen LogP contribution in [0.15, 0.2) is 66.9 Å². The molecular formula is C29H31FN4O3. The lowest BCUT2D eigenvalue weighted by Crippen LogP contribution is -2.32. The molecule has 1 amide bonds. The van der Waals surface area contributed by atoms with E-state index in [1.54, 1.807) is 29.8 Å². The van der Waals surface area contributed by atoms with Crippen LogP contribution < -0.4 is 19.7 Å². The van der Waals surface area contributed by atoms with E-state index in [1.807, 2.05) is 43.3 Å². The molecule has 1 aliphatic rings. The summed E-state index contributed by atoms with van der Waals surface area (Å²) in [5.41, 5.74) is 4.22. The molecule has 1 N–H and O–H groups in total. The zero-order valence-electron chi connectivity index (χ0n) is 21.1. The first-order chi connectivity index (χ1) is 18.0. The Morgan fingerprint density at radius 3 is 2.43 bits per heavy atom. The van der Waals surface area contributed by atoms with E-state index in [-0.39, 0.29) is 11.7 Å². The van der Waals surface area contributed by atoms with Gasteiger partial charge in [-0.1, -0.05) is 12.1 Å². The van der Waals surface area contributed by atoms with Gasteiger partial charge in [-0.2, -0.15) is 0 Å². The van der Waals surface area contributed by atoms with Crippen molar-refractivity contribution in [2.75, 3.05) is 38.3 Å². The number of aryl methyl sites for hydroxylation is 1. The second-order valence-corrected chi connectivity index (χ2v) is 9.25. The van der Waals surface area contributed by atoms with Crippen LogP contribution in [0.1, 0.15) is 40.5 Å². The Hall–Kier alpha value is -4.07. The highest BCUT2D eigenvalue weighted by Crippen LogP contribution is 2.31. The van der Waals surface area contributed by atoms with Crippen molar-refractivity contribution >= 4 is 17.2 Å². The standard InChI is InChI=1S/C29H31FN4O3/c1-20-28(34-19-26(36-2)11-12-27(34)32-20)29(35)31-15-18-37-25-9-7-24(8-10-25)33-16-13-22(14-17-33)21-3-5-23(30)6-4-21/h3-12,19,22H,13-18H2,1-2H3,(H,31,35). The minimum Gasteiger partial charge on any atom is -0.495 e. The third-order valence-electron chi connectivity index (χ3n) is 6.91. The average molecular weight is 503 g/mol. The van der Waals surface area contributed by atoms with Gasteiger partial charge in [-0.3, -0.25) is 9.20 Å². The van der Waals surface area contributed by atoms with E-state index in [0.29, 0.717) is 41.9 Å². The van der Waals surface area contributed by atoms with Gasteiger partial charge in [0.05, 0.1) is 25.5 Å². The molecule has 3 heterocycles. The van der Waals surface area contributed by atoms with Crippen molar-refractivity contribution in [1.29, 1.82) is 0 Å². The number of piperidine rings is 1. The molecule has 1 fully saturated rings. The molecule has 2 aromatic heterocycles. The van der Waals surface area contributed by atoms with Crippen molar-refractivity contribution in [2.45, 2.75) is 25.7 Å². The summed E-state index contributed by atoms with van der Waals surface area (Å²) in [6.45, 7) is 4.46. The Morgan fingerprint density at radius 2 is 1.73 bits per heavy atom. The summed E-state index contributed by atoms with van der Waals surface area (Å²) in [4.78, 5) is 19.6. The zero-order valence-corrected chi connectivity index (χ0v) is 21.1. The van der Waals surface area contributed by atoms with Gasteiger partial charge in [-0.05, 0) is 79.8 Å². The Labute approximate surface area is 215 Å². The van der Waals surface area contributed by atoms with Crippen molar-refractivity contribution in [3.05, 3.63) is 89.6 Å². The summed E-state index contributed by atoms with van der Waals surface area (Å²) in [6, 6.07) is 18.6. The van der Waals surface area contributed by atoms with E-state index >= 15 is 0 Å². The molecule has 5 rings (SSSR count). The first-order valence-electron chi connectivity index (χ1n) is 12.6. The Morgan fingerprint density at radius 1 is 1.03 bits per heavy atom. The van der Waals surface area contributed by atoms with Gasteiger partial charge in [0.25, 0.3) is 5.91 Å². The number of imidazole rings is 1. The maximum absolute atomic E-state index is 13.2. The summed E-state index contributed by atoms with van der Waals surface area (Å²) in [5.74, 6) is 1.49. The normalized spacial score (nSPS) is 14.1. The van der Waals surface area contributed by atoms with Gasteiger partial charge in [-0.15, -0.1) is 0 Å². The van der Waals surface area contributed by atoms with Gasteiger partial charge < -0.3 is 19.7 Å². The number of carbonyl (C=O) groups excluding carboxylic acids is 1. The Kier molecular flexibility index (Phi) is 7.25. The zero-order chi connectivity index (χ0) is 25.8. The lowest BCUT2D eigenvalue weighted by Gasteiger charge is -2.34. The minimum absolute atomic E-state index is 0.186. The summed E-state index contributed by atoms with van der Waals surface area (Å²) < 4.78 is 26.1. The van der Waals surface area contributed by atoms with Crippen LogP contribution in [-0.4, -0.2) is 48.6 Å². The number of hydrogen-bond acceptors (Lipinski definition) is 5. The molecule has 0 atom stereocenters. The highest BCUT2D eigenvalue weighted by atomic mass is 19.1. The quantitative estimate of drug-likeness (QED) is 0.344. The van der Waals surface area contributed by atoms with E-state index < -0.39 is 0 Å². The van der Waals surface area contributed by atoms with Crippen LogP contribution in [-0.2, 0) is 0 Å². The Balaban J connectivity index is 1.09. The van der Waals surface area contributed by atoms with Gasteiger partial charge in [0.2, 0.25) is 0 Å².